The van der Waals surface area contributed by atoms with Crippen molar-refractivity contribution in [1.82, 2.24) is 5.32 Å². The van der Waals surface area contributed by atoms with Crippen molar-refractivity contribution in [2.24, 2.45) is 0 Å². The van der Waals surface area contributed by atoms with Gasteiger partial charge in [-0.3, -0.25) is 4.79 Å². The van der Waals surface area contributed by atoms with Crippen molar-refractivity contribution in [3.63, 3.8) is 0 Å². The molecule has 2 rings (SSSR count). The maximum Gasteiger partial charge on any atom is 0.261 e. The Hall–Kier alpha value is -2.69. The molecule has 2 atom stereocenters. The summed E-state index contributed by atoms with van der Waals surface area (Å²) in [6, 6.07) is 13.4. The first-order valence-corrected chi connectivity index (χ1v) is 9.69. The van der Waals surface area contributed by atoms with Crippen molar-refractivity contribution in [1.29, 1.82) is 0 Å². The van der Waals surface area contributed by atoms with Gasteiger partial charge in [0.1, 0.15) is 5.75 Å². The summed E-state index contributed by atoms with van der Waals surface area (Å²) in [5.74, 6) is 2.22. The first kappa shape index (κ1) is 21.6. The monoisotopic (exact) mass is 385 g/mol. The number of methoxy groups -OCH3 is 2. The van der Waals surface area contributed by atoms with Crippen LogP contribution in [-0.4, -0.2) is 26.2 Å². The number of amides is 1. The first-order valence-electron chi connectivity index (χ1n) is 9.69. The largest absolute Gasteiger partial charge is 0.493 e. The molecule has 2 aromatic rings. The molecule has 5 heteroatoms. The van der Waals surface area contributed by atoms with Crippen LogP contribution in [0.3, 0.4) is 0 Å². The Bertz CT molecular complexity index is 788. The molecular formula is C23H31NO4. The Morgan fingerprint density at radius 1 is 0.964 bits per heavy atom. The second-order valence-corrected chi connectivity index (χ2v) is 7.04. The molecule has 0 unspecified atom stereocenters. The topological polar surface area (TPSA) is 56.8 Å². The average Bonchev–Trinajstić information content (AvgIpc) is 2.71. The third-order valence-electron chi connectivity index (χ3n) is 4.75. The van der Waals surface area contributed by atoms with E-state index >= 15 is 0 Å². The van der Waals surface area contributed by atoms with Crippen LogP contribution in [0.2, 0.25) is 0 Å². The second kappa shape index (κ2) is 10.0. The van der Waals surface area contributed by atoms with Crippen LogP contribution >= 0.6 is 0 Å². The van der Waals surface area contributed by atoms with Gasteiger partial charge in [0.2, 0.25) is 0 Å². The van der Waals surface area contributed by atoms with Crippen LogP contribution < -0.4 is 19.5 Å². The van der Waals surface area contributed by atoms with E-state index in [4.69, 9.17) is 14.2 Å². The molecule has 0 saturated carbocycles. The van der Waals surface area contributed by atoms with E-state index in [2.05, 4.69) is 19.2 Å². The number of nitrogens with one attached hydrogen (secondary N) is 1. The highest BCUT2D eigenvalue weighted by Crippen LogP contribution is 2.31. The molecule has 28 heavy (non-hydrogen) atoms. The molecule has 0 aliphatic heterocycles. The SMILES string of the molecule is CC[C@H](NC(=O)[C@@H](C)Oc1ccccc1C(C)C)c1ccc(OC)c(OC)c1. The summed E-state index contributed by atoms with van der Waals surface area (Å²) >= 11 is 0. The lowest BCUT2D eigenvalue weighted by atomic mass is 10.0. The van der Waals surface area contributed by atoms with Gasteiger partial charge in [-0.25, -0.2) is 0 Å². The highest BCUT2D eigenvalue weighted by molar-refractivity contribution is 5.81. The Labute approximate surface area is 168 Å². The Balaban J connectivity index is 2.11. The van der Waals surface area contributed by atoms with E-state index in [1.807, 2.05) is 49.4 Å². The quantitative estimate of drug-likeness (QED) is 0.670. The molecule has 5 nitrogen and oxygen atoms in total. The Morgan fingerprint density at radius 3 is 2.25 bits per heavy atom. The number of carbonyl (C=O) groups excluding carboxylic acids is 1. The number of rotatable bonds is 9. The Kier molecular flexibility index (Phi) is 7.73. The van der Waals surface area contributed by atoms with Crippen LogP contribution in [0.25, 0.3) is 0 Å². The predicted octanol–water partition coefficient (Wildman–Crippen LogP) is 4.86. The summed E-state index contributed by atoms with van der Waals surface area (Å²) in [4.78, 5) is 12.8. The fraction of sp³-hybridized carbons (Fsp3) is 0.435. The number of carbonyl (C=O) groups is 1. The van der Waals surface area contributed by atoms with E-state index in [1.54, 1.807) is 21.1 Å². The molecular weight excluding hydrogens is 354 g/mol. The normalized spacial score (nSPS) is 13.0. The minimum Gasteiger partial charge on any atom is -0.493 e. The van der Waals surface area contributed by atoms with Crippen LogP contribution in [0.1, 0.15) is 57.2 Å². The van der Waals surface area contributed by atoms with Gasteiger partial charge in [0.15, 0.2) is 17.6 Å². The van der Waals surface area contributed by atoms with E-state index < -0.39 is 6.10 Å². The highest BCUT2D eigenvalue weighted by atomic mass is 16.5. The molecule has 0 spiro atoms. The van der Waals surface area contributed by atoms with Gasteiger partial charge < -0.3 is 19.5 Å². The number of hydrogen-bond donors (Lipinski definition) is 1. The van der Waals surface area contributed by atoms with Crippen molar-refractivity contribution in [2.75, 3.05) is 14.2 Å². The lowest BCUT2D eigenvalue weighted by Gasteiger charge is -2.23. The zero-order valence-electron chi connectivity index (χ0n) is 17.6. The van der Waals surface area contributed by atoms with Crippen molar-refractivity contribution < 1.29 is 19.0 Å². The van der Waals surface area contributed by atoms with Gasteiger partial charge in [-0.2, -0.15) is 0 Å². The first-order chi connectivity index (χ1) is 13.4. The molecule has 1 amide bonds. The summed E-state index contributed by atoms with van der Waals surface area (Å²) in [6.45, 7) is 8.02. The predicted molar refractivity (Wildman–Crippen MR) is 111 cm³/mol. The third kappa shape index (κ3) is 5.18. The van der Waals surface area contributed by atoms with Gasteiger partial charge in [-0.15, -0.1) is 0 Å². The fourth-order valence-corrected chi connectivity index (χ4v) is 3.09. The fourth-order valence-electron chi connectivity index (χ4n) is 3.09. The van der Waals surface area contributed by atoms with Crippen LogP contribution in [0, 0.1) is 0 Å². The molecule has 0 radical (unpaired) electrons. The van der Waals surface area contributed by atoms with E-state index in [1.165, 1.54) is 0 Å². The van der Waals surface area contributed by atoms with E-state index in [9.17, 15) is 4.79 Å². The number of hydrogen-bond acceptors (Lipinski definition) is 4. The van der Waals surface area contributed by atoms with E-state index in [0.717, 1.165) is 23.3 Å². The van der Waals surface area contributed by atoms with Crippen LogP contribution in [-0.2, 0) is 4.79 Å². The summed E-state index contributed by atoms with van der Waals surface area (Å²) < 4.78 is 16.6. The van der Waals surface area contributed by atoms with Crippen molar-refractivity contribution in [3.8, 4) is 17.2 Å². The van der Waals surface area contributed by atoms with Crippen molar-refractivity contribution in [3.05, 3.63) is 53.6 Å². The van der Waals surface area contributed by atoms with Gasteiger partial charge in [0.25, 0.3) is 5.91 Å². The van der Waals surface area contributed by atoms with Crippen LogP contribution in [0.15, 0.2) is 42.5 Å². The number of ether oxygens (including phenoxy) is 3. The van der Waals surface area contributed by atoms with Crippen molar-refractivity contribution >= 4 is 5.91 Å². The summed E-state index contributed by atoms with van der Waals surface area (Å²) in [6.07, 6.45) is 0.144. The summed E-state index contributed by atoms with van der Waals surface area (Å²) in [7, 11) is 3.20. The maximum absolute atomic E-state index is 12.8. The lowest BCUT2D eigenvalue weighted by Crippen LogP contribution is -2.38. The molecule has 0 aliphatic rings. The standard InChI is InChI=1S/C23H31NO4/c1-7-19(17-12-13-21(26-5)22(14-17)27-6)24-23(25)16(4)28-20-11-9-8-10-18(20)15(2)3/h8-16,19H,7H2,1-6H3,(H,24,25)/t16-,19+/m1/s1. The third-order valence-corrected chi connectivity index (χ3v) is 4.75. The molecule has 0 saturated heterocycles. The average molecular weight is 386 g/mol. The van der Waals surface area contributed by atoms with Crippen LogP contribution in [0.5, 0.6) is 17.2 Å². The highest BCUT2D eigenvalue weighted by Gasteiger charge is 2.21. The number of benzene rings is 2. The molecule has 0 aromatic heterocycles. The minimum absolute atomic E-state index is 0.140. The summed E-state index contributed by atoms with van der Waals surface area (Å²) in [5, 5.41) is 3.08. The van der Waals surface area contributed by atoms with Gasteiger partial charge in [-0.05, 0) is 48.6 Å². The molecule has 2 aromatic carbocycles. The molecule has 1 N–H and O–H groups in total. The van der Waals surface area contributed by atoms with E-state index in [0.29, 0.717) is 17.4 Å². The second-order valence-electron chi connectivity index (χ2n) is 7.04. The van der Waals surface area contributed by atoms with Gasteiger partial charge in [0, 0.05) is 0 Å². The zero-order valence-corrected chi connectivity index (χ0v) is 17.6. The van der Waals surface area contributed by atoms with Crippen molar-refractivity contribution in [2.45, 2.75) is 52.2 Å². The lowest BCUT2D eigenvalue weighted by molar-refractivity contribution is -0.128. The maximum atomic E-state index is 12.8. The van der Waals surface area contributed by atoms with Gasteiger partial charge in [-0.1, -0.05) is 45.0 Å². The summed E-state index contributed by atoms with van der Waals surface area (Å²) in [5.41, 5.74) is 2.05. The molecule has 0 bridgehead atoms. The smallest absolute Gasteiger partial charge is 0.261 e. The zero-order chi connectivity index (χ0) is 20.7. The van der Waals surface area contributed by atoms with Crippen LogP contribution in [0.4, 0.5) is 0 Å². The molecule has 0 fully saturated rings. The molecule has 152 valence electrons. The minimum atomic E-state index is -0.603. The molecule has 0 heterocycles. The Morgan fingerprint density at radius 2 is 1.64 bits per heavy atom. The number of para-hydroxylation sites is 1. The molecule has 0 aliphatic carbocycles. The van der Waals surface area contributed by atoms with Gasteiger partial charge in [0.05, 0.1) is 20.3 Å². The van der Waals surface area contributed by atoms with Gasteiger partial charge >= 0.3 is 0 Å². The van der Waals surface area contributed by atoms with E-state index in [-0.39, 0.29) is 11.9 Å².